The van der Waals surface area contributed by atoms with Crippen LogP contribution in [0.25, 0.3) is 0 Å². The summed E-state index contributed by atoms with van der Waals surface area (Å²) in [5.74, 6) is 0. The summed E-state index contributed by atoms with van der Waals surface area (Å²) in [6, 6.07) is 19.1. The number of rotatable bonds is 5. The molecule has 0 aromatic heterocycles. The first-order valence-electron chi connectivity index (χ1n) is 4.90. The minimum absolute atomic E-state index is 0.930. The summed E-state index contributed by atoms with van der Waals surface area (Å²) in [5.41, 5.74) is 0. The fourth-order valence-corrected chi connectivity index (χ4v) is 3.76. The molecular formula is C12H10O2S3. The van der Waals surface area contributed by atoms with E-state index in [0.717, 1.165) is 21.8 Å². The first-order valence-corrected chi connectivity index (χ1v) is 8.05. The van der Waals surface area contributed by atoms with Gasteiger partial charge in [-0.25, -0.2) is 7.84 Å². The quantitative estimate of drug-likeness (QED) is 0.609. The second-order valence-electron chi connectivity index (χ2n) is 3.06. The fourth-order valence-electron chi connectivity index (χ4n) is 1.11. The molecule has 0 aliphatic heterocycles. The van der Waals surface area contributed by atoms with Gasteiger partial charge >= 0.3 is 0 Å². The largest absolute Gasteiger partial charge is 0.236 e. The van der Waals surface area contributed by atoms with Crippen LogP contribution in [0.3, 0.4) is 0 Å². The first-order chi connectivity index (χ1) is 8.34. The Bertz CT molecular complexity index is 474. The summed E-state index contributed by atoms with van der Waals surface area (Å²) in [4.78, 5) is 1.87. The third-order valence-electron chi connectivity index (χ3n) is 1.84. The highest BCUT2D eigenvalue weighted by Crippen LogP contribution is 2.28. The molecule has 17 heavy (non-hydrogen) atoms. The van der Waals surface area contributed by atoms with Crippen molar-refractivity contribution in [3.8, 4) is 0 Å². The van der Waals surface area contributed by atoms with E-state index in [1.165, 1.54) is 10.8 Å². The van der Waals surface area contributed by atoms with Gasteiger partial charge in [0, 0.05) is 32.6 Å². The topological polar surface area (TPSA) is 26.3 Å². The Kier molecular flexibility index (Phi) is 5.12. The summed E-state index contributed by atoms with van der Waals surface area (Å²) < 4.78 is 16.8. The Morgan fingerprint density at radius 3 is 1.94 bits per heavy atom. The minimum Gasteiger partial charge on any atom is -0.216 e. The molecule has 0 spiro atoms. The Hall–Kier alpha value is -0.750. The van der Waals surface area contributed by atoms with Crippen molar-refractivity contribution in [2.75, 3.05) is 0 Å². The van der Waals surface area contributed by atoms with Crippen LogP contribution in [0.1, 0.15) is 0 Å². The lowest BCUT2D eigenvalue weighted by molar-refractivity contribution is 0.625. The predicted molar refractivity (Wildman–Crippen MR) is 73.8 cm³/mol. The first kappa shape index (κ1) is 12.7. The van der Waals surface area contributed by atoms with Crippen molar-refractivity contribution < 1.29 is 7.84 Å². The molecule has 1 atom stereocenters. The molecule has 2 aromatic carbocycles. The average Bonchev–Trinajstić information content (AvgIpc) is 2.39. The third-order valence-corrected chi connectivity index (χ3v) is 5.10. The molecule has 0 heterocycles. The number of benzene rings is 2. The lowest BCUT2D eigenvalue weighted by atomic mass is 10.4. The van der Waals surface area contributed by atoms with Crippen LogP contribution in [0.5, 0.6) is 0 Å². The average molecular weight is 282 g/mol. The molecule has 0 N–H and O–H groups in total. The lowest BCUT2D eigenvalue weighted by Crippen LogP contribution is -1.83. The van der Waals surface area contributed by atoms with Crippen LogP contribution in [-0.2, 0) is 13.7 Å². The van der Waals surface area contributed by atoms with Crippen LogP contribution in [-0.4, -0.2) is 4.21 Å². The maximum absolute atomic E-state index is 11.6. The Balaban J connectivity index is 1.83. The van der Waals surface area contributed by atoms with Crippen LogP contribution in [0.15, 0.2) is 70.5 Å². The van der Waals surface area contributed by atoms with Gasteiger partial charge in [-0.15, -0.1) is 0 Å². The minimum atomic E-state index is -1.39. The molecule has 0 saturated heterocycles. The maximum Gasteiger partial charge on any atom is 0.236 e. The van der Waals surface area contributed by atoms with Crippen molar-refractivity contribution in [3.63, 3.8) is 0 Å². The van der Waals surface area contributed by atoms with E-state index in [4.69, 9.17) is 3.63 Å². The van der Waals surface area contributed by atoms with Gasteiger partial charge in [-0.1, -0.05) is 36.4 Å². The van der Waals surface area contributed by atoms with Crippen LogP contribution in [0, 0.1) is 0 Å². The molecule has 2 nitrogen and oxygen atoms in total. The Morgan fingerprint density at radius 2 is 1.35 bits per heavy atom. The second-order valence-corrected chi connectivity index (χ2v) is 6.61. The van der Waals surface area contributed by atoms with Crippen LogP contribution < -0.4 is 0 Å². The van der Waals surface area contributed by atoms with Crippen LogP contribution in [0.4, 0.5) is 0 Å². The van der Waals surface area contributed by atoms with Crippen molar-refractivity contribution in [3.05, 3.63) is 60.7 Å². The van der Waals surface area contributed by atoms with E-state index in [0.29, 0.717) is 0 Å². The zero-order valence-electron chi connectivity index (χ0n) is 8.81. The summed E-state index contributed by atoms with van der Waals surface area (Å²) in [7, 11) is -0.200. The van der Waals surface area contributed by atoms with Gasteiger partial charge in [0.05, 0.1) is 0 Å². The molecule has 0 fully saturated rings. The van der Waals surface area contributed by atoms with E-state index >= 15 is 0 Å². The summed E-state index contributed by atoms with van der Waals surface area (Å²) in [5, 5.41) is 0. The van der Waals surface area contributed by atoms with E-state index in [1.54, 1.807) is 0 Å². The van der Waals surface area contributed by atoms with Gasteiger partial charge in [0.2, 0.25) is 10.1 Å². The number of hydrogen-bond acceptors (Lipinski definition) is 4. The third kappa shape index (κ3) is 4.55. The molecule has 0 saturated carbocycles. The van der Waals surface area contributed by atoms with Crippen molar-refractivity contribution >= 4 is 32.9 Å². The van der Waals surface area contributed by atoms with E-state index in [2.05, 4.69) is 0 Å². The molecule has 0 bridgehead atoms. The van der Waals surface area contributed by atoms with Gasteiger partial charge in [-0.3, -0.25) is 0 Å². The highest BCUT2D eigenvalue weighted by molar-refractivity contribution is 8.68. The lowest BCUT2D eigenvalue weighted by Gasteiger charge is -2.01. The standard InChI is InChI=1S/C12H10O2S3/c13-17(16-12-9-5-2-6-10-12)14-15-11-7-3-1-4-8-11/h1-10H. The molecule has 0 aliphatic carbocycles. The van der Waals surface area contributed by atoms with Crippen molar-refractivity contribution in [2.24, 2.45) is 0 Å². The predicted octanol–water partition coefficient (Wildman–Crippen LogP) is 4.08. The van der Waals surface area contributed by atoms with Gasteiger partial charge in [-0.2, -0.15) is 0 Å². The molecule has 0 aliphatic rings. The van der Waals surface area contributed by atoms with Crippen LogP contribution >= 0.6 is 22.8 Å². The SMILES string of the molecule is O=S(OSc1ccccc1)Sc1ccccc1. The summed E-state index contributed by atoms with van der Waals surface area (Å²) in [6.07, 6.45) is 0. The zero-order valence-corrected chi connectivity index (χ0v) is 11.3. The highest BCUT2D eigenvalue weighted by atomic mass is 33.1. The summed E-state index contributed by atoms with van der Waals surface area (Å²) in [6.45, 7) is 0. The molecule has 1 unspecified atom stereocenters. The van der Waals surface area contributed by atoms with Gasteiger partial charge in [-0.05, 0) is 24.3 Å². The number of hydrogen-bond donors (Lipinski definition) is 0. The van der Waals surface area contributed by atoms with E-state index in [-0.39, 0.29) is 0 Å². The smallest absolute Gasteiger partial charge is 0.216 e. The Labute approximate surface area is 111 Å². The summed E-state index contributed by atoms with van der Waals surface area (Å²) >= 11 is 1.13. The molecule has 5 heteroatoms. The van der Waals surface area contributed by atoms with Gasteiger partial charge in [0.1, 0.15) is 0 Å². The van der Waals surface area contributed by atoms with Crippen LogP contribution in [0.2, 0.25) is 0 Å². The van der Waals surface area contributed by atoms with Crippen molar-refractivity contribution in [1.82, 2.24) is 0 Å². The van der Waals surface area contributed by atoms with E-state index in [1.807, 2.05) is 60.7 Å². The van der Waals surface area contributed by atoms with Gasteiger partial charge in [0.15, 0.2) is 0 Å². The molecule has 88 valence electrons. The van der Waals surface area contributed by atoms with Crippen molar-refractivity contribution in [1.29, 1.82) is 0 Å². The molecule has 2 rings (SSSR count). The molecule has 0 amide bonds. The second kappa shape index (κ2) is 6.86. The van der Waals surface area contributed by atoms with E-state index < -0.39 is 10.1 Å². The monoisotopic (exact) mass is 282 g/mol. The molecular weight excluding hydrogens is 272 g/mol. The maximum atomic E-state index is 11.6. The molecule has 2 aromatic rings. The highest BCUT2D eigenvalue weighted by Gasteiger charge is 2.04. The Morgan fingerprint density at radius 1 is 0.824 bits per heavy atom. The van der Waals surface area contributed by atoms with Gasteiger partial charge < -0.3 is 0 Å². The van der Waals surface area contributed by atoms with Crippen molar-refractivity contribution in [2.45, 2.75) is 9.79 Å². The normalized spacial score (nSPS) is 12.2. The van der Waals surface area contributed by atoms with E-state index in [9.17, 15) is 4.21 Å². The molecule has 0 radical (unpaired) electrons. The van der Waals surface area contributed by atoms with Gasteiger partial charge in [0.25, 0.3) is 0 Å². The fraction of sp³-hybridized carbons (Fsp3) is 0. The zero-order chi connectivity index (χ0) is 11.9.